The summed E-state index contributed by atoms with van der Waals surface area (Å²) in [4.78, 5) is 25.9. The molecule has 0 radical (unpaired) electrons. The SMILES string of the molecule is Cc1ccc(C(=O)NCc2cn(CCNS(=O)(=O)c3ccc(F)cc3C)nn2)cc1Nc1nccc(-c2cccnc2)n1. The van der Waals surface area contributed by atoms with Crippen LogP contribution in [0.25, 0.3) is 11.3 Å². The summed E-state index contributed by atoms with van der Waals surface area (Å²) in [5, 5.41) is 14.0. The van der Waals surface area contributed by atoms with Crippen LogP contribution in [0.2, 0.25) is 0 Å². The lowest BCUT2D eigenvalue weighted by Gasteiger charge is -2.11. The molecule has 14 heteroatoms. The first-order valence-electron chi connectivity index (χ1n) is 13.2. The Morgan fingerprint density at radius 3 is 2.67 bits per heavy atom. The molecule has 3 N–H and O–H groups in total. The van der Waals surface area contributed by atoms with E-state index in [1.165, 1.54) is 17.7 Å². The number of halogens is 1. The lowest BCUT2D eigenvalue weighted by atomic mass is 10.1. The van der Waals surface area contributed by atoms with Gasteiger partial charge in [-0.2, -0.15) is 0 Å². The van der Waals surface area contributed by atoms with Gasteiger partial charge in [-0.1, -0.05) is 11.3 Å². The van der Waals surface area contributed by atoms with E-state index in [1.54, 1.807) is 43.0 Å². The van der Waals surface area contributed by atoms with Crippen molar-refractivity contribution in [1.82, 2.24) is 40.0 Å². The fourth-order valence-electron chi connectivity index (χ4n) is 4.20. The molecule has 0 unspecified atom stereocenters. The summed E-state index contributed by atoms with van der Waals surface area (Å²) in [6.07, 6.45) is 6.68. The molecule has 2 aromatic carbocycles. The third-order valence-electron chi connectivity index (χ3n) is 6.43. The second-order valence-electron chi connectivity index (χ2n) is 9.63. The van der Waals surface area contributed by atoms with Gasteiger partial charge >= 0.3 is 0 Å². The molecule has 43 heavy (non-hydrogen) atoms. The molecule has 0 saturated carbocycles. The van der Waals surface area contributed by atoms with Crippen LogP contribution < -0.4 is 15.4 Å². The molecule has 12 nitrogen and oxygen atoms in total. The van der Waals surface area contributed by atoms with E-state index in [0.717, 1.165) is 23.3 Å². The molecular weight excluding hydrogens is 573 g/mol. The Morgan fingerprint density at radius 2 is 1.88 bits per heavy atom. The first kappa shape index (κ1) is 29.4. The molecule has 0 spiro atoms. The highest BCUT2D eigenvalue weighted by atomic mass is 32.2. The minimum Gasteiger partial charge on any atom is -0.346 e. The Labute approximate surface area is 247 Å². The van der Waals surface area contributed by atoms with E-state index in [-0.39, 0.29) is 30.4 Å². The molecule has 0 fully saturated rings. The molecule has 3 heterocycles. The number of amides is 1. The van der Waals surface area contributed by atoms with Crippen LogP contribution in [-0.2, 0) is 23.1 Å². The largest absolute Gasteiger partial charge is 0.346 e. The molecule has 5 aromatic rings. The summed E-state index contributed by atoms with van der Waals surface area (Å²) in [5.74, 6) is -0.436. The highest BCUT2D eigenvalue weighted by Crippen LogP contribution is 2.22. The zero-order chi connectivity index (χ0) is 30.4. The number of carbonyl (C=O) groups excluding carboxylic acids is 1. The van der Waals surface area contributed by atoms with Gasteiger partial charge in [0.1, 0.15) is 11.5 Å². The van der Waals surface area contributed by atoms with Crippen molar-refractivity contribution >= 4 is 27.6 Å². The van der Waals surface area contributed by atoms with Gasteiger partial charge in [0.15, 0.2) is 0 Å². The number of aryl methyl sites for hydroxylation is 2. The number of hydrogen-bond donors (Lipinski definition) is 3. The lowest BCUT2D eigenvalue weighted by Crippen LogP contribution is -2.28. The van der Waals surface area contributed by atoms with E-state index in [1.807, 2.05) is 25.1 Å². The molecule has 0 saturated heterocycles. The quantitative estimate of drug-likeness (QED) is 0.206. The number of nitrogens with one attached hydrogen (secondary N) is 3. The highest BCUT2D eigenvalue weighted by Gasteiger charge is 2.17. The molecule has 0 atom stereocenters. The molecule has 0 aliphatic heterocycles. The van der Waals surface area contributed by atoms with Gasteiger partial charge in [0, 0.05) is 41.9 Å². The van der Waals surface area contributed by atoms with Crippen LogP contribution in [-0.4, -0.2) is 50.8 Å². The maximum Gasteiger partial charge on any atom is 0.251 e. The first-order valence-corrected chi connectivity index (χ1v) is 14.7. The maximum absolute atomic E-state index is 13.3. The van der Waals surface area contributed by atoms with Crippen molar-refractivity contribution in [3.63, 3.8) is 0 Å². The minimum absolute atomic E-state index is 0.0103. The molecule has 0 bridgehead atoms. The molecule has 3 aromatic heterocycles. The van der Waals surface area contributed by atoms with Crippen LogP contribution in [0, 0.1) is 19.7 Å². The van der Waals surface area contributed by atoms with Crippen LogP contribution >= 0.6 is 0 Å². The smallest absolute Gasteiger partial charge is 0.251 e. The van der Waals surface area contributed by atoms with E-state index < -0.39 is 15.8 Å². The van der Waals surface area contributed by atoms with Crippen LogP contribution in [0.5, 0.6) is 0 Å². The van der Waals surface area contributed by atoms with Crippen LogP contribution in [0.1, 0.15) is 27.2 Å². The fourth-order valence-corrected chi connectivity index (χ4v) is 5.45. The summed E-state index contributed by atoms with van der Waals surface area (Å²) in [7, 11) is -3.82. The number of benzene rings is 2. The van der Waals surface area contributed by atoms with Crippen LogP contribution in [0.4, 0.5) is 16.0 Å². The number of hydrogen-bond acceptors (Lipinski definition) is 9. The van der Waals surface area contributed by atoms with Gasteiger partial charge in [-0.25, -0.2) is 27.5 Å². The number of anilines is 2. The predicted octanol–water partition coefficient (Wildman–Crippen LogP) is 3.54. The molecule has 5 rings (SSSR count). The summed E-state index contributed by atoms with van der Waals surface area (Å²) in [5.41, 5.74) is 4.39. The average molecular weight is 602 g/mol. The summed E-state index contributed by atoms with van der Waals surface area (Å²) in [6, 6.07) is 14.3. The Balaban J connectivity index is 1.16. The van der Waals surface area contributed by atoms with Crippen molar-refractivity contribution in [2.45, 2.75) is 31.8 Å². The summed E-state index contributed by atoms with van der Waals surface area (Å²) >= 11 is 0. The standard InChI is InChI=1S/C29H28FN9O3S/c1-19-5-6-21(15-26(19)36-29-32-11-9-25(35-29)22-4-3-10-31-16-22)28(40)33-17-24-18-39(38-37-24)13-12-34-43(41,42)27-8-7-23(30)14-20(27)2/h3-11,14-16,18,34H,12-13,17H2,1-2H3,(H,33,40)(H,32,35,36). The van der Waals surface area contributed by atoms with E-state index in [4.69, 9.17) is 0 Å². The number of sulfonamides is 1. The monoisotopic (exact) mass is 601 g/mol. The fraction of sp³-hybridized carbons (Fsp3) is 0.172. The van der Waals surface area contributed by atoms with Gasteiger partial charge in [-0.3, -0.25) is 14.5 Å². The maximum atomic E-state index is 13.3. The Morgan fingerprint density at radius 1 is 1.02 bits per heavy atom. The van der Waals surface area contributed by atoms with Crippen molar-refractivity contribution in [2.75, 3.05) is 11.9 Å². The Bertz CT molecular complexity index is 1860. The van der Waals surface area contributed by atoms with E-state index >= 15 is 0 Å². The van der Waals surface area contributed by atoms with Gasteiger partial charge in [0.05, 0.1) is 29.9 Å². The zero-order valence-corrected chi connectivity index (χ0v) is 24.1. The topological polar surface area (TPSA) is 157 Å². The third-order valence-corrected chi connectivity index (χ3v) is 8.06. The Kier molecular flexibility index (Phi) is 8.78. The van der Waals surface area contributed by atoms with E-state index in [2.05, 4.69) is 40.6 Å². The third kappa shape index (κ3) is 7.42. The van der Waals surface area contributed by atoms with Crippen molar-refractivity contribution in [3.05, 3.63) is 108 Å². The van der Waals surface area contributed by atoms with Crippen LogP contribution in [0.15, 0.2) is 84.3 Å². The molecule has 220 valence electrons. The zero-order valence-electron chi connectivity index (χ0n) is 23.3. The normalized spacial score (nSPS) is 11.3. The second kappa shape index (κ2) is 12.8. The molecule has 0 aliphatic rings. The highest BCUT2D eigenvalue weighted by molar-refractivity contribution is 7.89. The van der Waals surface area contributed by atoms with E-state index in [0.29, 0.717) is 34.2 Å². The average Bonchev–Trinajstić information content (AvgIpc) is 3.45. The van der Waals surface area contributed by atoms with Crippen LogP contribution in [0.3, 0.4) is 0 Å². The minimum atomic E-state index is -3.82. The van der Waals surface area contributed by atoms with E-state index in [9.17, 15) is 17.6 Å². The van der Waals surface area contributed by atoms with Gasteiger partial charge in [0.2, 0.25) is 16.0 Å². The van der Waals surface area contributed by atoms with Crippen molar-refractivity contribution in [3.8, 4) is 11.3 Å². The Hall–Kier alpha value is -5.08. The predicted molar refractivity (Wildman–Crippen MR) is 157 cm³/mol. The van der Waals surface area contributed by atoms with Gasteiger partial charge in [0.25, 0.3) is 5.91 Å². The van der Waals surface area contributed by atoms with Crippen molar-refractivity contribution in [2.24, 2.45) is 0 Å². The number of aromatic nitrogens is 6. The number of pyridine rings is 1. The number of nitrogens with zero attached hydrogens (tertiary/aromatic N) is 6. The van der Waals surface area contributed by atoms with Crippen molar-refractivity contribution in [1.29, 1.82) is 0 Å². The van der Waals surface area contributed by atoms with Gasteiger partial charge in [-0.05, 0) is 73.5 Å². The second-order valence-corrected chi connectivity index (χ2v) is 11.4. The summed E-state index contributed by atoms with van der Waals surface area (Å²) in [6.45, 7) is 3.81. The van der Waals surface area contributed by atoms with Crippen molar-refractivity contribution < 1.29 is 17.6 Å². The molecule has 0 aliphatic carbocycles. The first-order chi connectivity index (χ1) is 20.7. The lowest BCUT2D eigenvalue weighted by molar-refractivity contribution is 0.0950. The van der Waals surface area contributed by atoms with Gasteiger partial charge < -0.3 is 10.6 Å². The molecule has 1 amide bonds. The summed E-state index contributed by atoms with van der Waals surface area (Å²) < 4.78 is 42.4. The molecular formula is C29H28FN9O3S. The number of rotatable bonds is 11. The number of carbonyl (C=O) groups is 1. The van der Waals surface area contributed by atoms with Gasteiger partial charge in [-0.15, -0.1) is 5.10 Å².